The minimum atomic E-state index is 0.108. The highest BCUT2D eigenvalue weighted by molar-refractivity contribution is 5.77. The molecule has 1 N–H and O–H groups in total. The SMILES string of the molecule is CCCNC(=O)N1CCC(N2CC3CC(C2)[C@H]2CCCC(=O)N2C3)CC1. The van der Waals surface area contributed by atoms with E-state index < -0.39 is 0 Å². The highest BCUT2D eigenvalue weighted by atomic mass is 16.2. The number of carbonyl (C=O) groups is 2. The average molecular weight is 363 g/mol. The van der Waals surface area contributed by atoms with Gasteiger partial charge in [0.1, 0.15) is 0 Å². The van der Waals surface area contributed by atoms with Gasteiger partial charge < -0.3 is 15.1 Å². The lowest BCUT2D eigenvalue weighted by atomic mass is 9.75. The third kappa shape index (κ3) is 3.57. The lowest BCUT2D eigenvalue weighted by molar-refractivity contribution is -0.145. The van der Waals surface area contributed by atoms with E-state index in [1.54, 1.807) is 0 Å². The van der Waals surface area contributed by atoms with Crippen LogP contribution in [-0.4, -0.2) is 78.0 Å². The minimum absolute atomic E-state index is 0.108. The normalized spacial score (nSPS) is 33.1. The van der Waals surface area contributed by atoms with Crippen molar-refractivity contribution in [3.63, 3.8) is 0 Å². The Morgan fingerprint density at radius 1 is 1.15 bits per heavy atom. The number of carbonyl (C=O) groups excluding carboxylic acids is 2. The fraction of sp³-hybridized carbons (Fsp3) is 0.900. The second kappa shape index (κ2) is 7.75. The Labute approximate surface area is 157 Å². The van der Waals surface area contributed by atoms with Gasteiger partial charge in [0.15, 0.2) is 0 Å². The number of rotatable bonds is 3. The monoisotopic (exact) mass is 362 g/mol. The van der Waals surface area contributed by atoms with E-state index >= 15 is 0 Å². The molecule has 0 aromatic rings. The number of likely N-dealkylation sites (tertiary alicyclic amines) is 2. The Morgan fingerprint density at radius 3 is 2.73 bits per heavy atom. The Balaban J connectivity index is 1.32. The maximum absolute atomic E-state index is 12.3. The molecule has 4 fully saturated rings. The molecule has 3 amide bonds. The van der Waals surface area contributed by atoms with Crippen LogP contribution in [0.4, 0.5) is 4.79 Å². The Kier molecular flexibility index (Phi) is 5.39. The van der Waals surface area contributed by atoms with E-state index in [2.05, 4.69) is 22.0 Å². The first kappa shape index (κ1) is 18.1. The summed E-state index contributed by atoms with van der Waals surface area (Å²) >= 11 is 0. The van der Waals surface area contributed by atoms with Crippen LogP contribution in [0.2, 0.25) is 0 Å². The van der Waals surface area contributed by atoms with Gasteiger partial charge in [-0.3, -0.25) is 9.69 Å². The van der Waals surface area contributed by atoms with E-state index in [0.29, 0.717) is 29.8 Å². The van der Waals surface area contributed by atoms with Crippen LogP contribution in [0.25, 0.3) is 0 Å². The number of piperidine rings is 4. The first-order chi connectivity index (χ1) is 12.7. The number of hydrogen-bond acceptors (Lipinski definition) is 3. The smallest absolute Gasteiger partial charge is 0.317 e. The standard InChI is InChI=1S/C20H34N4O2/c1-2-8-21-20(26)22-9-6-17(7-10-22)23-12-15-11-16(14-23)18-4-3-5-19(25)24(18)13-15/h15-18H,2-14H2,1H3,(H,21,26)/t15?,16?,18-/m1/s1. The first-order valence-corrected chi connectivity index (χ1v) is 10.7. The molecule has 4 aliphatic rings. The first-order valence-electron chi connectivity index (χ1n) is 10.7. The molecule has 4 heterocycles. The van der Waals surface area contributed by atoms with Crippen LogP contribution in [0, 0.1) is 11.8 Å². The Hall–Kier alpha value is -1.30. The molecule has 0 aromatic heterocycles. The van der Waals surface area contributed by atoms with Crippen molar-refractivity contribution in [2.24, 2.45) is 11.8 Å². The third-order valence-corrected chi connectivity index (χ3v) is 7.00. The fourth-order valence-electron chi connectivity index (χ4n) is 5.72. The summed E-state index contributed by atoms with van der Waals surface area (Å²) < 4.78 is 0. The summed E-state index contributed by atoms with van der Waals surface area (Å²) in [5, 5.41) is 3.00. The van der Waals surface area contributed by atoms with Gasteiger partial charge in [-0.25, -0.2) is 4.79 Å². The molecule has 6 heteroatoms. The predicted octanol–water partition coefficient (Wildman–Crippen LogP) is 1.90. The fourth-order valence-corrected chi connectivity index (χ4v) is 5.72. The van der Waals surface area contributed by atoms with Crippen LogP contribution >= 0.6 is 0 Å². The van der Waals surface area contributed by atoms with Crippen LogP contribution in [0.15, 0.2) is 0 Å². The molecule has 0 aromatic carbocycles. The number of nitrogens with one attached hydrogen (secondary N) is 1. The van der Waals surface area contributed by atoms with E-state index in [4.69, 9.17) is 0 Å². The maximum atomic E-state index is 12.3. The summed E-state index contributed by atoms with van der Waals surface area (Å²) in [7, 11) is 0. The number of urea groups is 1. The van der Waals surface area contributed by atoms with Gasteiger partial charge in [0.25, 0.3) is 0 Å². The van der Waals surface area contributed by atoms with E-state index in [1.807, 2.05) is 4.90 Å². The lowest BCUT2D eigenvalue weighted by Crippen LogP contribution is -2.62. The highest BCUT2D eigenvalue weighted by Gasteiger charge is 2.45. The molecule has 2 unspecified atom stereocenters. The molecule has 26 heavy (non-hydrogen) atoms. The van der Waals surface area contributed by atoms with Gasteiger partial charge in [-0.2, -0.15) is 0 Å². The van der Waals surface area contributed by atoms with Gasteiger partial charge in [-0.1, -0.05) is 6.92 Å². The molecule has 3 atom stereocenters. The molecule has 2 bridgehead atoms. The van der Waals surface area contributed by atoms with Crippen molar-refractivity contribution in [1.29, 1.82) is 0 Å². The van der Waals surface area contributed by atoms with E-state index in [-0.39, 0.29) is 6.03 Å². The largest absolute Gasteiger partial charge is 0.339 e. The van der Waals surface area contributed by atoms with Crippen LogP contribution in [0.1, 0.15) is 51.9 Å². The van der Waals surface area contributed by atoms with E-state index in [0.717, 1.165) is 71.4 Å². The molecule has 0 aliphatic carbocycles. The van der Waals surface area contributed by atoms with Gasteiger partial charge in [0.05, 0.1) is 0 Å². The second-order valence-electron chi connectivity index (χ2n) is 8.77. The third-order valence-electron chi connectivity index (χ3n) is 7.00. The average Bonchev–Trinajstić information content (AvgIpc) is 2.67. The molecular weight excluding hydrogens is 328 g/mol. The molecule has 4 saturated heterocycles. The van der Waals surface area contributed by atoms with Crippen LogP contribution in [0.5, 0.6) is 0 Å². The van der Waals surface area contributed by atoms with E-state index in [1.165, 1.54) is 12.8 Å². The van der Waals surface area contributed by atoms with Gasteiger partial charge in [-0.05, 0) is 50.4 Å². The predicted molar refractivity (Wildman–Crippen MR) is 101 cm³/mol. The molecule has 4 aliphatic heterocycles. The summed E-state index contributed by atoms with van der Waals surface area (Å²) in [6.45, 7) is 7.87. The lowest BCUT2D eigenvalue weighted by Gasteiger charge is -2.54. The van der Waals surface area contributed by atoms with Gasteiger partial charge in [0, 0.05) is 57.8 Å². The van der Waals surface area contributed by atoms with Crippen molar-refractivity contribution in [2.45, 2.75) is 64.0 Å². The summed E-state index contributed by atoms with van der Waals surface area (Å²) in [6, 6.07) is 1.22. The number of fused-ring (bicyclic) bond motifs is 4. The van der Waals surface area contributed by atoms with Crippen LogP contribution in [-0.2, 0) is 4.79 Å². The van der Waals surface area contributed by atoms with Gasteiger partial charge in [-0.15, -0.1) is 0 Å². The number of nitrogens with zero attached hydrogens (tertiary/aromatic N) is 3. The summed E-state index contributed by atoms with van der Waals surface area (Å²) in [5.41, 5.74) is 0. The van der Waals surface area contributed by atoms with Crippen molar-refractivity contribution >= 4 is 11.9 Å². The Bertz CT molecular complexity index is 532. The second-order valence-corrected chi connectivity index (χ2v) is 8.77. The zero-order valence-electron chi connectivity index (χ0n) is 16.2. The zero-order valence-corrected chi connectivity index (χ0v) is 16.2. The van der Waals surface area contributed by atoms with Crippen molar-refractivity contribution in [1.82, 2.24) is 20.0 Å². The van der Waals surface area contributed by atoms with Crippen LogP contribution < -0.4 is 5.32 Å². The van der Waals surface area contributed by atoms with Crippen LogP contribution in [0.3, 0.4) is 0 Å². The molecule has 0 radical (unpaired) electrons. The molecule has 146 valence electrons. The molecule has 6 nitrogen and oxygen atoms in total. The topological polar surface area (TPSA) is 55.9 Å². The quantitative estimate of drug-likeness (QED) is 0.834. The van der Waals surface area contributed by atoms with Crippen molar-refractivity contribution in [2.75, 3.05) is 39.3 Å². The molecule has 0 saturated carbocycles. The summed E-state index contributed by atoms with van der Waals surface area (Å²) in [5.74, 6) is 1.71. The molecular formula is C20H34N4O2. The summed E-state index contributed by atoms with van der Waals surface area (Å²) in [4.78, 5) is 31.4. The molecule has 0 spiro atoms. The van der Waals surface area contributed by atoms with Gasteiger partial charge >= 0.3 is 6.03 Å². The highest BCUT2D eigenvalue weighted by Crippen LogP contribution is 2.39. The zero-order chi connectivity index (χ0) is 18.1. The number of hydrogen-bond donors (Lipinski definition) is 1. The van der Waals surface area contributed by atoms with E-state index in [9.17, 15) is 9.59 Å². The minimum Gasteiger partial charge on any atom is -0.339 e. The van der Waals surface area contributed by atoms with Crippen molar-refractivity contribution < 1.29 is 9.59 Å². The number of amides is 3. The Morgan fingerprint density at radius 2 is 1.96 bits per heavy atom. The van der Waals surface area contributed by atoms with Gasteiger partial charge in [0.2, 0.25) is 5.91 Å². The summed E-state index contributed by atoms with van der Waals surface area (Å²) in [6.07, 6.45) is 7.51. The van der Waals surface area contributed by atoms with Crippen molar-refractivity contribution in [3.05, 3.63) is 0 Å². The molecule has 4 rings (SSSR count). The van der Waals surface area contributed by atoms with Crippen molar-refractivity contribution in [3.8, 4) is 0 Å². The maximum Gasteiger partial charge on any atom is 0.317 e.